The summed E-state index contributed by atoms with van der Waals surface area (Å²) in [6.07, 6.45) is 1.75. The van der Waals surface area contributed by atoms with Crippen molar-refractivity contribution in [3.63, 3.8) is 0 Å². The first-order chi connectivity index (χ1) is 14.5. The Morgan fingerprint density at radius 2 is 1.87 bits per heavy atom. The number of para-hydroxylation sites is 1. The molecule has 1 N–H and O–H groups in total. The quantitative estimate of drug-likeness (QED) is 0.678. The van der Waals surface area contributed by atoms with E-state index in [2.05, 4.69) is 15.8 Å². The summed E-state index contributed by atoms with van der Waals surface area (Å²) in [4.78, 5) is 23.7. The third kappa shape index (κ3) is 3.48. The fourth-order valence-corrected chi connectivity index (χ4v) is 6.33. The van der Waals surface area contributed by atoms with E-state index in [9.17, 15) is 13.2 Å². The third-order valence-corrected chi connectivity index (χ3v) is 8.14. The molecule has 1 saturated heterocycles. The second-order valence-electron chi connectivity index (χ2n) is 7.44. The van der Waals surface area contributed by atoms with Gasteiger partial charge in [0.25, 0.3) is 10.0 Å². The number of aromatic nitrogens is 1. The predicted molar refractivity (Wildman–Crippen MR) is 116 cm³/mol. The van der Waals surface area contributed by atoms with Gasteiger partial charge in [-0.3, -0.25) is 14.5 Å². The van der Waals surface area contributed by atoms with Crippen LogP contribution in [0.1, 0.15) is 29.3 Å². The zero-order chi connectivity index (χ0) is 20.7. The Morgan fingerprint density at radius 3 is 2.67 bits per heavy atom. The van der Waals surface area contributed by atoms with Crippen molar-refractivity contribution >= 4 is 43.3 Å². The number of piperidine rings is 1. The van der Waals surface area contributed by atoms with Crippen molar-refractivity contribution in [2.24, 2.45) is 4.99 Å². The third-order valence-electron chi connectivity index (χ3n) is 5.54. The maximum Gasteiger partial charge on any atom is 0.263 e. The van der Waals surface area contributed by atoms with Crippen LogP contribution in [0.2, 0.25) is 0 Å². The molecular weight excluding hydrogens is 420 g/mol. The van der Waals surface area contributed by atoms with E-state index in [4.69, 9.17) is 4.98 Å². The second-order valence-corrected chi connectivity index (χ2v) is 10.2. The van der Waals surface area contributed by atoms with Crippen LogP contribution >= 0.6 is 11.3 Å². The number of carbonyl (C=O) groups excluding carboxylic acids is 1. The van der Waals surface area contributed by atoms with Crippen LogP contribution in [0.15, 0.2) is 58.4 Å². The summed E-state index contributed by atoms with van der Waals surface area (Å²) >= 11 is 1.73. The van der Waals surface area contributed by atoms with Crippen LogP contribution in [0.4, 0.5) is 0 Å². The van der Waals surface area contributed by atoms with Gasteiger partial charge in [0, 0.05) is 24.6 Å². The minimum atomic E-state index is -3.59. The van der Waals surface area contributed by atoms with Gasteiger partial charge in [0.1, 0.15) is 12.4 Å². The molecular formula is C21H20N4O3S2. The van der Waals surface area contributed by atoms with Crippen LogP contribution in [-0.4, -0.2) is 49.7 Å². The first-order valence-corrected chi connectivity index (χ1v) is 12.1. The predicted octanol–water partition coefficient (Wildman–Crippen LogP) is 2.74. The van der Waals surface area contributed by atoms with Gasteiger partial charge >= 0.3 is 0 Å². The highest BCUT2D eigenvalue weighted by Gasteiger charge is 2.31. The molecule has 0 bridgehead atoms. The van der Waals surface area contributed by atoms with Crippen LogP contribution in [0, 0.1) is 0 Å². The Labute approximate surface area is 178 Å². The number of hydrogen-bond acceptors (Lipinski definition) is 6. The van der Waals surface area contributed by atoms with Crippen molar-refractivity contribution in [3.05, 3.63) is 59.1 Å². The molecule has 2 aromatic carbocycles. The van der Waals surface area contributed by atoms with Gasteiger partial charge in [-0.2, -0.15) is 0 Å². The first-order valence-electron chi connectivity index (χ1n) is 9.81. The molecule has 154 valence electrons. The average Bonchev–Trinajstić information content (AvgIpc) is 3.31. The maximum absolute atomic E-state index is 12.6. The van der Waals surface area contributed by atoms with Gasteiger partial charge in [-0.05, 0) is 37.1 Å². The van der Waals surface area contributed by atoms with Gasteiger partial charge in [0.05, 0.1) is 20.1 Å². The minimum absolute atomic E-state index is 0.0714. The van der Waals surface area contributed by atoms with Crippen molar-refractivity contribution in [1.82, 2.24) is 14.6 Å². The molecule has 3 aromatic rings. The van der Waals surface area contributed by atoms with Crippen molar-refractivity contribution in [3.8, 4) is 0 Å². The zero-order valence-corrected chi connectivity index (χ0v) is 17.7. The summed E-state index contributed by atoms with van der Waals surface area (Å²) in [6, 6.07) is 14.8. The van der Waals surface area contributed by atoms with Gasteiger partial charge in [-0.15, -0.1) is 11.3 Å². The molecule has 1 amide bonds. The Morgan fingerprint density at radius 1 is 1.13 bits per heavy atom. The smallest absolute Gasteiger partial charge is 0.263 e. The lowest BCUT2D eigenvalue weighted by atomic mass is 9.97. The van der Waals surface area contributed by atoms with Gasteiger partial charge in [-0.25, -0.2) is 13.4 Å². The van der Waals surface area contributed by atoms with Crippen LogP contribution in [-0.2, 0) is 14.8 Å². The molecule has 0 aliphatic carbocycles. The Balaban J connectivity index is 1.23. The first kappa shape index (κ1) is 19.2. The number of nitrogens with zero attached hydrogens (tertiary/aromatic N) is 3. The molecule has 30 heavy (non-hydrogen) atoms. The number of aliphatic imine (C=N–C) groups is 1. The van der Waals surface area contributed by atoms with Gasteiger partial charge in [0.15, 0.2) is 0 Å². The molecule has 2 aliphatic heterocycles. The maximum atomic E-state index is 12.6. The lowest BCUT2D eigenvalue weighted by Gasteiger charge is -2.30. The van der Waals surface area contributed by atoms with Gasteiger partial charge < -0.3 is 4.90 Å². The number of fused-ring (bicyclic) bond motifs is 2. The molecule has 1 fully saturated rings. The summed E-state index contributed by atoms with van der Waals surface area (Å²) in [7, 11) is -3.59. The highest BCUT2D eigenvalue weighted by Crippen LogP contribution is 2.33. The Kier molecular flexibility index (Phi) is 4.79. The summed E-state index contributed by atoms with van der Waals surface area (Å²) in [5, 5.41) is 1.14. The largest absolute Gasteiger partial charge is 0.341 e. The molecule has 3 heterocycles. The van der Waals surface area contributed by atoms with Crippen molar-refractivity contribution in [2.45, 2.75) is 23.7 Å². The van der Waals surface area contributed by atoms with E-state index in [1.807, 2.05) is 23.1 Å². The zero-order valence-electron chi connectivity index (χ0n) is 16.1. The van der Waals surface area contributed by atoms with E-state index in [1.165, 1.54) is 10.8 Å². The van der Waals surface area contributed by atoms with Crippen LogP contribution in [0.5, 0.6) is 0 Å². The number of likely N-dealkylation sites (tertiary alicyclic amines) is 1. The number of nitrogens with one attached hydrogen (secondary N) is 1. The Hall–Kier alpha value is -2.78. The number of carbonyl (C=O) groups is 1. The molecule has 2 aliphatic rings. The highest BCUT2D eigenvalue weighted by atomic mass is 32.2. The Bertz CT molecular complexity index is 1230. The standard InChI is InChI=1S/C21H20N4O3S2/c26-19(13-22-20-15-5-1-4-8-18(15)30(27,28)24-20)25-11-9-14(10-12-25)21-23-16-6-2-3-7-17(16)29-21/h1-8,14H,9-13H2,(H,22,24). The van der Waals surface area contributed by atoms with E-state index in [0.717, 1.165) is 23.4 Å². The van der Waals surface area contributed by atoms with Crippen LogP contribution in [0.25, 0.3) is 10.2 Å². The minimum Gasteiger partial charge on any atom is -0.341 e. The fourth-order valence-electron chi connectivity index (χ4n) is 3.94. The number of amides is 1. The van der Waals surface area contributed by atoms with Crippen molar-refractivity contribution < 1.29 is 13.2 Å². The number of sulfonamides is 1. The lowest BCUT2D eigenvalue weighted by Crippen LogP contribution is -2.39. The fraction of sp³-hybridized carbons (Fsp3) is 0.286. The van der Waals surface area contributed by atoms with E-state index in [1.54, 1.807) is 29.5 Å². The molecule has 1 aromatic heterocycles. The SMILES string of the molecule is O=C(CN=C1NS(=O)(=O)c2ccccc21)N1CCC(c2nc3ccccc3s2)CC1. The summed E-state index contributed by atoms with van der Waals surface area (Å²) in [5.41, 5.74) is 1.55. The number of hydrogen-bond donors (Lipinski definition) is 1. The molecule has 5 rings (SSSR count). The van der Waals surface area contributed by atoms with E-state index < -0.39 is 10.0 Å². The van der Waals surface area contributed by atoms with Crippen LogP contribution < -0.4 is 4.72 Å². The van der Waals surface area contributed by atoms with Crippen molar-refractivity contribution in [1.29, 1.82) is 0 Å². The topological polar surface area (TPSA) is 91.7 Å². The molecule has 0 spiro atoms. The molecule has 7 nitrogen and oxygen atoms in total. The molecule has 0 saturated carbocycles. The van der Waals surface area contributed by atoms with Gasteiger partial charge in [-0.1, -0.05) is 24.3 Å². The number of thiazole rings is 1. The highest BCUT2D eigenvalue weighted by molar-refractivity contribution is 7.90. The number of amidine groups is 1. The number of benzene rings is 2. The molecule has 0 radical (unpaired) electrons. The van der Waals surface area contributed by atoms with Gasteiger partial charge in [0.2, 0.25) is 5.91 Å². The van der Waals surface area contributed by atoms with E-state index in [0.29, 0.717) is 24.6 Å². The molecule has 0 unspecified atom stereocenters. The second kappa shape index (κ2) is 7.48. The van der Waals surface area contributed by atoms with Crippen molar-refractivity contribution in [2.75, 3.05) is 19.6 Å². The monoisotopic (exact) mass is 440 g/mol. The average molecular weight is 441 g/mol. The summed E-state index contributed by atoms with van der Waals surface area (Å²) < 4.78 is 27.9. The van der Waals surface area contributed by atoms with E-state index in [-0.39, 0.29) is 23.2 Å². The molecule has 9 heteroatoms. The lowest BCUT2D eigenvalue weighted by molar-refractivity contribution is -0.130. The summed E-state index contributed by atoms with van der Waals surface area (Å²) in [6.45, 7) is 1.25. The summed E-state index contributed by atoms with van der Waals surface area (Å²) in [5.74, 6) is 0.517. The normalized spacial score (nSPS) is 19.7. The van der Waals surface area contributed by atoms with E-state index >= 15 is 0 Å². The molecule has 0 atom stereocenters. The number of rotatable bonds is 3. The van der Waals surface area contributed by atoms with Crippen LogP contribution in [0.3, 0.4) is 0 Å².